The van der Waals surface area contributed by atoms with Crippen LogP contribution >= 0.6 is 0 Å². The smallest absolute Gasteiger partial charge is 0.291 e. The lowest BCUT2D eigenvalue weighted by Gasteiger charge is -2.14. The molecule has 0 saturated carbocycles. The molecular formula is C38H34N4O4. The number of hydrogen-bond donors (Lipinski definition) is 2. The molecule has 0 bridgehead atoms. The number of aromatic nitrogens is 2. The van der Waals surface area contributed by atoms with Crippen LogP contribution in [0.15, 0.2) is 119 Å². The van der Waals surface area contributed by atoms with Crippen molar-refractivity contribution in [3.8, 4) is 5.69 Å². The van der Waals surface area contributed by atoms with Gasteiger partial charge in [-0.1, -0.05) is 36.4 Å². The van der Waals surface area contributed by atoms with Crippen molar-refractivity contribution in [2.45, 2.75) is 39.5 Å². The zero-order valence-corrected chi connectivity index (χ0v) is 25.7. The van der Waals surface area contributed by atoms with Crippen molar-refractivity contribution in [2.24, 2.45) is 0 Å². The maximum atomic E-state index is 13.4. The quantitative estimate of drug-likeness (QED) is 0.155. The van der Waals surface area contributed by atoms with Gasteiger partial charge in [-0.05, 0) is 110 Å². The Balaban J connectivity index is 1.07. The molecule has 4 aromatic carbocycles. The summed E-state index contributed by atoms with van der Waals surface area (Å²) >= 11 is 0. The number of nitrogens with one attached hydrogen (secondary N) is 2. The fourth-order valence-corrected chi connectivity index (χ4v) is 5.40. The first kappa shape index (κ1) is 30.3. The van der Waals surface area contributed by atoms with Crippen molar-refractivity contribution in [1.29, 1.82) is 0 Å². The van der Waals surface area contributed by atoms with Gasteiger partial charge in [0.15, 0.2) is 11.2 Å². The average molecular weight is 611 g/mol. The molecular weight excluding hydrogens is 576 g/mol. The van der Waals surface area contributed by atoms with Gasteiger partial charge in [-0.25, -0.2) is 4.98 Å². The van der Waals surface area contributed by atoms with E-state index in [0.717, 1.165) is 42.5 Å². The molecule has 2 heterocycles. The number of unbranched alkanes of at least 4 members (excludes halogenated alkanes) is 1. The summed E-state index contributed by atoms with van der Waals surface area (Å²) in [6.07, 6.45) is 9.57. The van der Waals surface area contributed by atoms with Crippen molar-refractivity contribution in [3.63, 3.8) is 0 Å². The molecule has 46 heavy (non-hydrogen) atoms. The summed E-state index contributed by atoms with van der Waals surface area (Å²) in [4.78, 5) is 43.2. The summed E-state index contributed by atoms with van der Waals surface area (Å²) in [5, 5.41) is 6.12. The fraction of sp³-hybridized carbons (Fsp3) is 0.158. The van der Waals surface area contributed by atoms with E-state index in [0.29, 0.717) is 27.9 Å². The molecule has 2 aromatic heterocycles. The lowest BCUT2D eigenvalue weighted by atomic mass is 10.0. The first-order valence-corrected chi connectivity index (χ1v) is 15.3. The second-order valence-corrected chi connectivity index (χ2v) is 11.4. The average Bonchev–Trinajstić information content (AvgIpc) is 3.61. The number of anilines is 2. The van der Waals surface area contributed by atoms with Gasteiger partial charge in [0.1, 0.15) is 5.58 Å². The Labute approximate surface area is 266 Å². The van der Waals surface area contributed by atoms with Crippen LogP contribution in [0.3, 0.4) is 0 Å². The van der Waals surface area contributed by atoms with Gasteiger partial charge in [-0.2, -0.15) is 0 Å². The Kier molecular flexibility index (Phi) is 8.87. The highest BCUT2D eigenvalue weighted by Gasteiger charge is 2.19. The highest BCUT2D eigenvalue weighted by atomic mass is 16.3. The van der Waals surface area contributed by atoms with Crippen LogP contribution in [0.1, 0.15) is 56.0 Å². The van der Waals surface area contributed by atoms with Gasteiger partial charge in [-0.15, -0.1) is 0 Å². The van der Waals surface area contributed by atoms with Gasteiger partial charge in [0.05, 0.1) is 23.0 Å². The third-order valence-corrected chi connectivity index (χ3v) is 8.09. The number of nitrogens with zero attached hydrogens (tertiary/aromatic N) is 2. The van der Waals surface area contributed by atoms with E-state index in [1.54, 1.807) is 48.9 Å². The molecule has 0 spiro atoms. The molecule has 6 aromatic rings. The van der Waals surface area contributed by atoms with Crippen LogP contribution in [0, 0.1) is 13.8 Å². The molecule has 2 N–H and O–H groups in total. The minimum Gasteiger partial charge on any atom is -0.451 e. The molecule has 2 amide bonds. The Bertz CT molecular complexity index is 2080. The second-order valence-electron chi connectivity index (χ2n) is 11.4. The maximum absolute atomic E-state index is 13.4. The minimum absolute atomic E-state index is 0.133. The van der Waals surface area contributed by atoms with Gasteiger partial charge in [0.25, 0.3) is 11.8 Å². The molecule has 0 saturated heterocycles. The lowest BCUT2D eigenvalue weighted by molar-refractivity contribution is 0.0997. The maximum Gasteiger partial charge on any atom is 0.291 e. The number of rotatable bonds is 10. The van der Waals surface area contributed by atoms with E-state index >= 15 is 0 Å². The van der Waals surface area contributed by atoms with E-state index in [9.17, 15) is 14.4 Å². The monoisotopic (exact) mass is 610 g/mol. The SMILES string of the molecule is Cc1cc(NC(=O)c2cc(=O)c3ccccc3o2)c(C(=O)Nc2ccc(CCCCc3cccc(-n4ccnc4)c3)cc2)cc1C. The van der Waals surface area contributed by atoms with E-state index in [-0.39, 0.29) is 17.1 Å². The standard InChI is InChI=1S/C38H34N4O4/c1-25-20-32(33(21-26(25)2)41-38(45)36-23-34(43)31-12-5-6-13-35(31)46-36)37(44)40-29-16-14-27(15-17-29)8-3-4-9-28-10-7-11-30(22-28)42-19-18-39-24-42/h5-7,10-24H,3-4,8-9H2,1-2H3,(H,40,44)(H,41,45). The van der Waals surface area contributed by atoms with Crippen LogP contribution in [0.4, 0.5) is 11.4 Å². The van der Waals surface area contributed by atoms with E-state index < -0.39 is 5.91 Å². The largest absolute Gasteiger partial charge is 0.451 e. The number of carbonyl (C=O) groups is 2. The summed E-state index contributed by atoms with van der Waals surface area (Å²) in [5.41, 5.74) is 6.71. The molecule has 230 valence electrons. The third kappa shape index (κ3) is 6.97. The summed E-state index contributed by atoms with van der Waals surface area (Å²) < 4.78 is 7.71. The first-order valence-electron chi connectivity index (χ1n) is 15.3. The van der Waals surface area contributed by atoms with Crippen LogP contribution in [-0.2, 0) is 12.8 Å². The predicted octanol–water partition coefficient (Wildman–Crippen LogP) is 7.67. The molecule has 0 fully saturated rings. The number of imidazole rings is 1. The first-order chi connectivity index (χ1) is 22.3. The van der Waals surface area contributed by atoms with E-state index in [1.807, 2.05) is 48.9 Å². The highest BCUT2D eigenvalue weighted by molar-refractivity contribution is 6.12. The van der Waals surface area contributed by atoms with Crippen molar-refractivity contribution in [1.82, 2.24) is 9.55 Å². The summed E-state index contributed by atoms with van der Waals surface area (Å²) in [6, 6.07) is 27.8. The molecule has 8 nitrogen and oxygen atoms in total. The van der Waals surface area contributed by atoms with Crippen LogP contribution in [0.5, 0.6) is 0 Å². The normalized spacial score (nSPS) is 11.0. The Hall–Kier alpha value is -5.76. The highest BCUT2D eigenvalue weighted by Crippen LogP contribution is 2.24. The number of aryl methyl sites for hydroxylation is 4. The van der Waals surface area contributed by atoms with Crippen LogP contribution in [0.2, 0.25) is 0 Å². The van der Waals surface area contributed by atoms with E-state index in [1.165, 1.54) is 17.2 Å². The number of para-hydroxylation sites is 1. The second kappa shape index (κ2) is 13.5. The van der Waals surface area contributed by atoms with Crippen LogP contribution in [-0.4, -0.2) is 21.4 Å². The number of fused-ring (bicyclic) bond motifs is 1. The number of amides is 2. The molecule has 6 rings (SSSR count). The van der Waals surface area contributed by atoms with Crippen molar-refractivity contribution in [3.05, 3.63) is 154 Å². The van der Waals surface area contributed by atoms with Gasteiger partial charge < -0.3 is 19.6 Å². The van der Waals surface area contributed by atoms with Crippen molar-refractivity contribution in [2.75, 3.05) is 10.6 Å². The Morgan fingerprint density at radius 2 is 1.54 bits per heavy atom. The molecule has 0 aliphatic heterocycles. The molecule has 0 atom stereocenters. The van der Waals surface area contributed by atoms with Crippen molar-refractivity contribution >= 4 is 34.2 Å². The molecule has 0 aliphatic rings. The van der Waals surface area contributed by atoms with Gasteiger partial charge in [0, 0.05) is 29.8 Å². The summed E-state index contributed by atoms with van der Waals surface area (Å²) in [7, 11) is 0. The number of carbonyl (C=O) groups excluding carboxylic acids is 2. The summed E-state index contributed by atoms with van der Waals surface area (Å²) in [6.45, 7) is 3.81. The van der Waals surface area contributed by atoms with Crippen molar-refractivity contribution < 1.29 is 14.0 Å². The third-order valence-electron chi connectivity index (χ3n) is 8.09. The molecule has 8 heteroatoms. The van der Waals surface area contributed by atoms with E-state index in [2.05, 4.69) is 39.9 Å². The zero-order chi connectivity index (χ0) is 32.0. The van der Waals surface area contributed by atoms with Gasteiger partial charge in [-0.3, -0.25) is 14.4 Å². The Morgan fingerprint density at radius 1 is 0.783 bits per heavy atom. The lowest BCUT2D eigenvalue weighted by Crippen LogP contribution is -2.20. The van der Waals surface area contributed by atoms with Gasteiger partial charge in [0.2, 0.25) is 0 Å². The fourth-order valence-electron chi connectivity index (χ4n) is 5.40. The number of benzene rings is 4. The minimum atomic E-state index is -0.615. The number of hydrogen-bond acceptors (Lipinski definition) is 5. The topological polar surface area (TPSA) is 106 Å². The molecule has 0 aliphatic carbocycles. The summed E-state index contributed by atoms with van der Waals surface area (Å²) in [5.74, 6) is -1.11. The Morgan fingerprint density at radius 3 is 2.33 bits per heavy atom. The zero-order valence-electron chi connectivity index (χ0n) is 25.7. The van der Waals surface area contributed by atoms with Crippen LogP contribution in [0.25, 0.3) is 16.7 Å². The predicted molar refractivity (Wildman–Crippen MR) is 181 cm³/mol. The molecule has 0 radical (unpaired) electrons. The molecule has 0 unspecified atom stereocenters. The van der Waals surface area contributed by atoms with Gasteiger partial charge >= 0.3 is 0 Å². The van der Waals surface area contributed by atoms with E-state index in [4.69, 9.17) is 4.42 Å². The van der Waals surface area contributed by atoms with Crippen LogP contribution < -0.4 is 16.1 Å².